The molecule has 2 aliphatic heterocycles. The SMILES string of the molecule is CC(C)CCCC(C)C1CCC2C3C(O)C=C4CC(OC5OC(CO)C(O)C(COC6OC(CO)C(O)C6O)C5O)CCC4(C(=O)O)C3CCC12C. The maximum absolute atomic E-state index is 13.4. The first-order valence-electron chi connectivity index (χ1n) is 19.8. The summed E-state index contributed by atoms with van der Waals surface area (Å²) >= 11 is 0. The highest BCUT2D eigenvalue weighted by Crippen LogP contribution is 2.67. The van der Waals surface area contributed by atoms with Crippen molar-refractivity contribution in [3.8, 4) is 0 Å². The molecule has 3 saturated carbocycles. The summed E-state index contributed by atoms with van der Waals surface area (Å²) in [6.07, 6.45) is -1.60. The topological polar surface area (TPSA) is 216 Å². The fraction of sp³-hybridized carbons (Fsp3) is 0.923. The molecule has 0 aromatic heterocycles. The third-order valence-corrected chi connectivity index (χ3v) is 14.5. The smallest absolute Gasteiger partial charge is 0.314 e. The summed E-state index contributed by atoms with van der Waals surface area (Å²) < 4.78 is 23.1. The van der Waals surface area contributed by atoms with Gasteiger partial charge in [-0.15, -0.1) is 0 Å². The average Bonchev–Trinajstić information content (AvgIpc) is 3.60. The molecule has 18 unspecified atom stereocenters. The maximum atomic E-state index is 13.4. The highest BCUT2D eigenvalue weighted by atomic mass is 16.7. The minimum atomic E-state index is -1.46. The first-order chi connectivity index (χ1) is 24.7. The number of carboxylic acid groups (broad SMARTS) is 1. The number of ether oxygens (including phenoxy) is 4. The second kappa shape index (κ2) is 16.1. The zero-order chi connectivity index (χ0) is 37.7. The van der Waals surface area contributed by atoms with E-state index in [1.807, 2.05) is 0 Å². The lowest BCUT2D eigenvalue weighted by atomic mass is 9.45. The fourth-order valence-corrected chi connectivity index (χ4v) is 11.7. The Morgan fingerprint density at radius 2 is 1.56 bits per heavy atom. The summed E-state index contributed by atoms with van der Waals surface area (Å²) in [5.41, 5.74) is -0.397. The van der Waals surface area contributed by atoms with Crippen LogP contribution in [-0.4, -0.2) is 128 Å². The molecule has 0 bridgehead atoms. The van der Waals surface area contributed by atoms with E-state index in [9.17, 15) is 45.6 Å². The van der Waals surface area contributed by atoms with Crippen molar-refractivity contribution in [1.82, 2.24) is 0 Å². The van der Waals surface area contributed by atoms with Crippen LogP contribution in [0.5, 0.6) is 0 Å². The Hall–Kier alpha value is -1.23. The molecule has 2 saturated heterocycles. The molecule has 52 heavy (non-hydrogen) atoms. The number of hydrogen-bond acceptors (Lipinski definition) is 12. The second-order valence-electron chi connectivity index (χ2n) is 17.7. The highest BCUT2D eigenvalue weighted by molar-refractivity contribution is 5.80. The Labute approximate surface area is 307 Å². The molecule has 0 radical (unpaired) electrons. The van der Waals surface area contributed by atoms with Crippen LogP contribution in [0.15, 0.2) is 11.6 Å². The molecular weight excluding hydrogens is 676 g/mol. The molecule has 0 amide bonds. The van der Waals surface area contributed by atoms with E-state index in [-0.39, 0.29) is 36.2 Å². The van der Waals surface area contributed by atoms with Gasteiger partial charge in [0.15, 0.2) is 12.6 Å². The minimum absolute atomic E-state index is 0.0651. The van der Waals surface area contributed by atoms with Crippen molar-refractivity contribution in [2.75, 3.05) is 19.8 Å². The van der Waals surface area contributed by atoms with Crippen molar-refractivity contribution in [2.45, 2.75) is 153 Å². The number of carboxylic acids is 1. The van der Waals surface area contributed by atoms with E-state index in [0.29, 0.717) is 36.2 Å². The molecule has 18 atom stereocenters. The lowest BCUT2D eigenvalue weighted by Crippen LogP contribution is -2.60. The monoisotopic (exact) mass is 740 g/mol. The van der Waals surface area contributed by atoms with E-state index in [0.717, 1.165) is 25.7 Å². The van der Waals surface area contributed by atoms with Crippen molar-refractivity contribution in [1.29, 1.82) is 0 Å². The molecular formula is C39H64O13. The molecule has 0 aromatic carbocycles. The minimum Gasteiger partial charge on any atom is -0.481 e. The summed E-state index contributed by atoms with van der Waals surface area (Å²) in [7, 11) is 0. The van der Waals surface area contributed by atoms with Gasteiger partial charge in [-0.2, -0.15) is 0 Å². The molecule has 298 valence electrons. The van der Waals surface area contributed by atoms with E-state index in [4.69, 9.17) is 18.9 Å². The van der Waals surface area contributed by atoms with Gasteiger partial charge in [-0.05, 0) is 85.9 Å². The van der Waals surface area contributed by atoms with Crippen LogP contribution in [0.1, 0.15) is 91.9 Å². The molecule has 0 aromatic rings. The first-order valence-corrected chi connectivity index (χ1v) is 19.8. The predicted molar refractivity (Wildman–Crippen MR) is 186 cm³/mol. The Morgan fingerprint density at radius 1 is 0.865 bits per heavy atom. The van der Waals surface area contributed by atoms with Crippen molar-refractivity contribution in [2.24, 2.45) is 52.3 Å². The molecule has 5 fully saturated rings. The Kier molecular flexibility index (Phi) is 12.5. The molecule has 13 nitrogen and oxygen atoms in total. The Morgan fingerprint density at radius 3 is 2.21 bits per heavy atom. The van der Waals surface area contributed by atoms with E-state index >= 15 is 0 Å². The van der Waals surface area contributed by atoms with Crippen LogP contribution < -0.4 is 0 Å². The van der Waals surface area contributed by atoms with E-state index < -0.39 is 91.9 Å². The number of aliphatic hydroxyl groups is 7. The highest BCUT2D eigenvalue weighted by Gasteiger charge is 2.65. The van der Waals surface area contributed by atoms with Gasteiger partial charge in [0, 0.05) is 5.92 Å². The summed E-state index contributed by atoms with van der Waals surface area (Å²) in [6, 6.07) is 0. The van der Waals surface area contributed by atoms with Crippen LogP contribution >= 0.6 is 0 Å². The van der Waals surface area contributed by atoms with Crippen LogP contribution in [0.25, 0.3) is 0 Å². The molecule has 2 heterocycles. The quantitative estimate of drug-likeness (QED) is 0.127. The van der Waals surface area contributed by atoms with Gasteiger partial charge in [0.05, 0.1) is 43.5 Å². The van der Waals surface area contributed by atoms with Crippen molar-refractivity contribution in [3.63, 3.8) is 0 Å². The van der Waals surface area contributed by atoms with Gasteiger partial charge >= 0.3 is 5.97 Å². The molecule has 4 aliphatic carbocycles. The zero-order valence-corrected chi connectivity index (χ0v) is 31.2. The lowest BCUT2D eigenvalue weighted by molar-refractivity contribution is -0.312. The van der Waals surface area contributed by atoms with E-state index in [1.165, 1.54) is 19.3 Å². The number of rotatable bonds is 13. The Balaban J connectivity index is 1.15. The largest absolute Gasteiger partial charge is 0.481 e. The number of fused-ring (bicyclic) bond motifs is 5. The van der Waals surface area contributed by atoms with Crippen LogP contribution in [0.4, 0.5) is 0 Å². The van der Waals surface area contributed by atoms with Crippen LogP contribution in [0, 0.1) is 52.3 Å². The first kappa shape index (κ1) is 40.4. The van der Waals surface area contributed by atoms with Gasteiger partial charge in [0.25, 0.3) is 0 Å². The van der Waals surface area contributed by atoms with E-state index in [2.05, 4.69) is 27.7 Å². The second-order valence-corrected chi connectivity index (χ2v) is 17.7. The number of aliphatic hydroxyl groups excluding tert-OH is 7. The molecule has 6 rings (SSSR count). The number of carbonyl (C=O) groups is 1. The van der Waals surface area contributed by atoms with Gasteiger partial charge in [-0.1, -0.05) is 58.6 Å². The van der Waals surface area contributed by atoms with Crippen molar-refractivity contribution < 1.29 is 64.6 Å². The summed E-state index contributed by atoms with van der Waals surface area (Å²) in [6.45, 7) is 7.85. The predicted octanol–water partition coefficient (Wildman–Crippen LogP) is 1.96. The van der Waals surface area contributed by atoms with Crippen LogP contribution in [0.2, 0.25) is 0 Å². The van der Waals surface area contributed by atoms with Gasteiger partial charge < -0.3 is 59.8 Å². The van der Waals surface area contributed by atoms with Gasteiger partial charge in [0.2, 0.25) is 0 Å². The third kappa shape index (κ3) is 7.15. The van der Waals surface area contributed by atoms with E-state index in [1.54, 1.807) is 6.08 Å². The average molecular weight is 741 g/mol. The maximum Gasteiger partial charge on any atom is 0.314 e. The molecule has 8 N–H and O–H groups in total. The third-order valence-electron chi connectivity index (χ3n) is 14.5. The normalized spacial score (nSPS) is 48.2. The lowest BCUT2D eigenvalue weighted by Gasteiger charge is -2.59. The van der Waals surface area contributed by atoms with Crippen molar-refractivity contribution in [3.05, 3.63) is 11.6 Å². The number of aliphatic carboxylic acids is 1. The van der Waals surface area contributed by atoms with Crippen molar-refractivity contribution >= 4 is 5.97 Å². The van der Waals surface area contributed by atoms with Gasteiger partial charge in [-0.3, -0.25) is 4.79 Å². The molecule has 0 spiro atoms. The molecule has 13 heteroatoms. The van der Waals surface area contributed by atoms with Crippen LogP contribution in [0.3, 0.4) is 0 Å². The van der Waals surface area contributed by atoms with Crippen LogP contribution in [-0.2, 0) is 23.7 Å². The number of hydrogen-bond donors (Lipinski definition) is 8. The zero-order valence-electron chi connectivity index (χ0n) is 31.2. The van der Waals surface area contributed by atoms with Gasteiger partial charge in [-0.25, -0.2) is 0 Å². The van der Waals surface area contributed by atoms with Gasteiger partial charge in [0.1, 0.15) is 30.5 Å². The summed E-state index contributed by atoms with van der Waals surface area (Å²) in [5, 5.41) is 84.8. The Bertz CT molecular complexity index is 1260. The molecule has 6 aliphatic rings. The summed E-state index contributed by atoms with van der Waals surface area (Å²) in [5.74, 6) is -0.142. The standard InChI is InChI=1S/C39H64O13/c1-19(2)6-5-7-20(3)24-8-9-25-30-26(11-12-38(24,25)4)39(37(47)48)13-10-22(14-21(39)15-27(30)42)50-36-32(44)23(31(43)28(16-40)52-36)18-49-35-34(46)33(45)29(17-41)51-35/h15,19-20,22-36,40-46H,5-14,16-18H2,1-4H3,(H,47,48). The fourth-order valence-electron chi connectivity index (χ4n) is 11.7. The summed E-state index contributed by atoms with van der Waals surface area (Å²) in [4.78, 5) is 13.4.